The molecule has 2 rings (SSSR count). The standard InChI is InChI=1S/C20H24N4O4/c1-4-28-20(27)22-16-7-5-6-15(11-16)19(26)24-23-18(25)12-21-17-9-8-13(2)10-14(17)3/h5-11,21H,4,12H2,1-3H3,(H,22,27)(H,23,25)(H,24,26). The summed E-state index contributed by atoms with van der Waals surface area (Å²) >= 11 is 0. The summed E-state index contributed by atoms with van der Waals surface area (Å²) in [6.07, 6.45) is -0.606. The molecule has 0 aliphatic heterocycles. The normalized spacial score (nSPS) is 9.96. The summed E-state index contributed by atoms with van der Waals surface area (Å²) in [6.45, 7) is 5.90. The van der Waals surface area contributed by atoms with Gasteiger partial charge in [0.1, 0.15) is 0 Å². The molecule has 0 radical (unpaired) electrons. The number of aryl methyl sites for hydroxylation is 2. The first-order chi connectivity index (χ1) is 13.4. The third-order valence-electron chi connectivity index (χ3n) is 3.78. The highest BCUT2D eigenvalue weighted by atomic mass is 16.5. The average molecular weight is 384 g/mol. The highest BCUT2D eigenvalue weighted by Gasteiger charge is 2.10. The molecule has 0 aliphatic carbocycles. The lowest BCUT2D eigenvalue weighted by Crippen LogP contribution is -2.44. The second-order valence-electron chi connectivity index (χ2n) is 6.10. The van der Waals surface area contributed by atoms with Gasteiger partial charge in [-0.1, -0.05) is 23.8 Å². The molecule has 4 N–H and O–H groups in total. The van der Waals surface area contributed by atoms with Gasteiger partial charge in [0.25, 0.3) is 11.8 Å². The third-order valence-corrected chi connectivity index (χ3v) is 3.78. The molecule has 8 nitrogen and oxygen atoms in total. The van der Waals surface area contributed by atoms with Crippen molar-refractivity contribution in [2.24, 2.45) is 0 Å². The van der Waals surface area contributed by atoms with Crippen molar-refractivity contribution in [3.63, 3.8) is 0 Å². The molecule has 28 heavy (non-hydrogen) atoms. The van der Waals surface area contributed by atoms with E-state index in [4.69, 9.17) is 4.74 Å². The van der Waals surface area contributed by atoms with Crippen molar-refractivity contribution in [1.29, 1.82) is 0 Å². The maximum Gasteiger partial charge on any atom is 0.411 e. The first kappa shape index (κ1) is 20.8. The van der Waals surface area contributed by atoms with Gasteiger partial charge < -0.3 is 10.1 Å². The Morgan fingerprint density at radius 1 is 1.00 bits per heavy atom. The van der Waals surface area contributed by atoms with E-state index in [2.05, 4.69) is 21.5 Å². The molecule has 0 bridgehead atoms. The SMILES string of the molecule is CCOC(=O)Nc1cccc(C(=O)NNC(=O)CNc2ccc(C)cc2C)c1. The summed E-state index contributed by atoms with van der Waals surface area (Å²) < 4.78 is 4.79. The van der Waals surface area contributed by atoms with Gasteiger partial charge in [-0.15, -0.1) is 0 Å². The van der Waals surface area contributed by atoms with Crippen LogP contribution in [-0.4, -0.2) is 31.1 Å². The Morgan fingerprint density at radius 2 is 1.79 bits per heavy atom. The fourth-order valence-electron chi connectivity index (χ4n) is 2.45. The Kier molecular flexibility index (Phi) is 7.38. The Balaban J connectivity index is 1.84. The quantitative estimate of drug-likeness (QED) is 0.573. The number of hydrazine groups is 1. The summed E-state index contributed by atoms with van der Waals surface area (Å²) in [5, 5.41) is 5.53. The molecule has 2 aromatic carbocycles. The number of hydrogen-bond acceptors (Lipinski definition) is 5. The van der Waals surface area contributed by atoms with Crippen molar-refractivity contribution < 1.29 is 19.1 Å². The number of carbonyl (C=O) groups is 3. The molecular weight excluding hydrogens is 360 g/mol. The van der Waals surface area contributed by atoms with Gasteiger partial charge in [0.2, 0.25) is 0 Å². The zero-order valence-electron chi connectivity index (χ0n) is 16.1. The predicted molar refractivity (Wildman–Crippen MR) is 107 cm³/mol. The van der Waals surface area contributed by atoms with E-state index in [0.717, 1.165) is 16.8 Å². The van der Waals surface area contributed by atoms with Crippen LogP contribution in [0.2, 0.25) is 0 Å². The van der Waals surface area contributed by atoms with E-state index in [-0.39, 0.29) is 18.7 Å². The minimum absolute atomic E-state index is 0.00857. The van der Waals surface area contributed by atoms with Crippen LogP contribution in [0.15, 0.2) is 42.5 Å². The van der Waals surface area contributed by atoms with Gasteiger partial charge in [-0.3, -0.25) is 25.8 Å². The summed E-state index contributed by atoms with van der Waals surface area (Å²) in [7, 11) is 0. The first-order valence-corrected chi connectivity index (χ1v) is 8.83. The van der Waals surface area contributed by atoms with Crippen molar-refractivity contribution in [2.75, 3.05) is 23.8 Å². The molecule has 148 valence electrons. The van der Waals surface area contributed by atoms with Gasteiger partial charge in [-0.25, -0.2) is 4.79 Å². The van der Waals surface area contributed by atoms with Gasteiger partial charge in [0.15, 0.2) is 0 Å². The summed E-state index contributed by atoms with van der Waals surface area (Å²) in [5.74, 6) is -0.901. The van der Waals surface area contributed by atoms with Crippen LogP contribution >= 0.6 is 0 Å². The smallest absolute Gasteiger partial charge is 0.411 e. The summed E-state index contributed by atoms with van der Waals surface area (Å²) in [4.78, 5) is 35.6. The van der Waals surface area contributed by atoms with E-state index in [1.165, 1.54) is 6.07 Å². The van der Waals surface area contributed by atoms with Crippen LogP contribution in [-0.2, 0) is 9.53 Å². The van der Waals surface area contributed by atoms with Gasteiger partial charge in [0, 0.05) is 16.9 Å². The van der Waals surface area contributed by atoms with E-state index >= 15 is 0 Å². The number of nitrogens with one attached hydrogen (secondary N) is 4. The zero-order valence-corrected chi connectivity index (χ0v) is 16.1. The van der Waals surface area contributed by atoms with Crippen LogP contribution < -0.4 is 21.5 Å². The Hall–Kier alpha value is -3.55. The Bertz CT molecular complexity index is 867. The lowest BCUT2D eigenvalue weighted by Gasteiger charge is -2.12. The molecule has 0 spiro atoms. The highest BCUT2D eigenvalue weighted by Crippen LogP contribution is 2.15. The summed E-state index contributed by atoms with van der Waals surface area (Å²) in [5.41, 5.74) is 8.40. The van der Waals surface area contributed by atoms with Crippen molar-refractivity contribution >= 4 is 29.3 Å². The molecule has 2 aromatic rings. The lowest BCUT2D eigenvalue weighted by atomic mass is 10.1. The van der Waals surface area contributed by atoms with Crippen molar-refractivity contribution in [1.82, 2.24) is 10.9 Å². The molecule has 0 saturated heterocycles. The van der Waals surface area contributed by atoms with Crippen LogP contribution in [0.4, 0.5) is 16.2 Å². The van der Waals surface area contributed by atoms with E-state index in [0.29, 0.717) is 5.69 Å². The Morgan fingerprint density at radius 3 is 2.50 bits per heavy atom. The van der Waals surface area contributed by atoms with Gasteiger partial charge in [-0.2, -0.15) is 0 Å². The first-order valence-electron chi connectivity index (χ1n) is 8.83. The molecule has 0 aromatic heterocycles. The van der Waals surface area contributed by atoms with E-state index in [1.807, 2.05) is 32.0 Å². The third kappa shape index (κ3) is 6.31. The second-order valence-corrected chi connectivity index (χ2v) is 6.10. The van der Waals surface area contributed by atoms with Crippen LogP contribution in [0.1, 0.15) is 28.4 Å². The van der Waals surface area contributed by atoms with Crippen LogP contribution in [0, 0.1) is 13.8 Å². The van der Waals surface area contributed by atoms with E-state index in [9.17, 15) is 14.4 Å². The van der Waals surface area contributed by atoms with Crippen molar-refractivity contribution in [2.45, 2.75) is 20.8 Å². The number of rotatable bonds is 6. The maximum absolute atomic E-state index is 12.2. The van der Waals surface area contributed by atoms with Crippen LogP contribution in [0.25, 0.3) is 0 Å². The molecular formula is C20H24N4O4. The molecule has 0 aliphatic rings. The lowest BCUT2D eigenvalue weighted by molar-refractivity contribution is -0.120. The van der Waals surface area contributed by atoms with Crippen LogP contribution in [0.5, 0.6) is 0 Å². The van der Waals surface area contributed by atoms with Gasteiger partial charge >= 0.3 is 6.09 Å². The second kappa shape index (κ2) is 9.96. The number of amides is 3. The fraction of sp³-hybridized carbons (Fsp3) is 0.250. The van der Waals surface area contributed by atoms with Gasteiger partial charge in [-0.05, 0) is 50.6 Å². The number of ether oxygens (including phenoxy) is 1. The minimum Gasteiger partial charge on any atom is -0.450 e. The largest absolute Gasteiger partial charge is 0.450 e. The van der Waals surface area contributed by atoms with Crippen LogP contribution in [0.3, 0.4) is 0 Å². The molecule has 0 saturated carbocycles. The number of hydrogen-bond donors (Lipinski definition) is 4. The Labute approximate surface area is 163 Å². The average Bonchev–Trinajstić information content (AvgIpc) is 2.65. The monoisotopic (exact) mass is 384 g/mol. The molecule has 0 fully saturated rings. The van der Waals surface area contributed by atoms with E-state index < -0.39 is 17.9 Å². The minimum atomic E-state index is -0.606. The number of benzene rings is 2. The topological polar surface area (TPSA) is 109 Å². The highest BCUT2D eigenvalue weighted by molar-refractivity contribution is 5.97. The van der Waals surface area contributed by atoms with Crippen molar-refractivity contribution in [3.05, 3.63) is 59.2 Å². The van der Waals surface area contributed by atoms with E-state index in [1.54, 1.807) is 25.1 Å². The van der Waals surface area contributed by atoms with Gasteiger partial charge in [0.05, 0.1) is 13.2 Å². The molecule has 8 heteroatoms. The predicted octanol–water partition coefficient (Wildman–Crippen LogP) is 2.74. The maximum atomic E-state index is 12.2. The summed E-state index contributed by atoms with van der Waals surface area (Å²) in [6, 6.07) is 12.1. The molecule has 0 atom stereocenters. The molecule has 3 amide bonds. The number of carbonyl (C=O) groups excluding carboxylic acids is 3. The molecule has 0 unspecified atom stereocenters. The van der Waals surface area contributed by atoms with Crippen molar-refractivity contribution in [3.8, 4) is 0 Å². The zero-order chi connectivity index (χ0) is 20.5. The fourth-order valence-corrected chi connectivity index (χ4v) is 2.45. The number of anilines is 2. The molecule has 0 heterocycles.